The summed E-state index contributed by atoms with van der Waals surface area (Å²) in [4.78, 5) is 10.3. The van der Waals surface area contributed by atoms with E-state index < -0.39 is 36.5 Å². The minimum atomic E-state index is -4.51. The van der Waals surface area contributed by atoms with Gasteiger partial charge in [-0.05, 0) is 6.42 Å². The molecule has 0 aromatic heterocycles. The van der Waals surface area contributed by atoms with Crippen molar-refractivity contribution in [3.05, 3.63) is 0 Å². The molecule has 2 atom stereocenters. The third-order valence-corrected chi connectivity index (χ3v) is 2.18. The molecular formula is C6H7F3O3. The van der Waals surface area contributed by atoms with Crippen molar-refractivity contribution in [2.24, 2.45) is 11.3 Å². The van der Waals surface area contributed by atoms with Gasteiger partial charge < -0.3 is 10.2 Å². The van der Waals surface area contributed by atoms with E-state index >= 15 is 0 Å². The number of alkyl halides is 3. The Morgan fingerprint density at radius 2 is 2.08 bits per heavy atom. The second kappa shape index (κ2) is 2.35. The van der Waals surface area contributed by atoms with Crippen molar-refractivity contribution in [3.8, 4) is 0 Å². The van der Waals surface area contributed by atoms with Gasteiger partial charge in [0.05, 0.1) is 12.5 Å². The van der Waals surface area contributed by atoms with Gasteiger partial charge in [-0.3, -0.25) is 4.79 Å². The van der Waals surface area contributed by atoms with Crippen molar-refractivity contribution in [2.75, 3.05) is 6.61 Å². The van der Waals surface area contributed by atoms with Gasteiger partial charge in [-0.15, -0.1) is 0 Å². The summed E-state index contributed by atoms with van der Waals surface area (Å²) in [6.45, 7) is -0.952. The van der Waals surface area contributed by atoms with Gasteiger partial charge in [0.15, 0.2) is 0 Å². The number of hydrogen-bond donors (Lipinski definition) is 2. The van der Waals surface area contributed by atoms with E-state index in [1.807, 2.05) is 0 Å². The predicted molar refractivity (Wildman–Crippen MR) is 31.3 cm³/mol. The van der Waals surface area contributed by atoms with Crippen molar-refractivity contribution in [3.63, 3.8) is 0 Å². The van der Waals surface area contributed by atoms with E-state index in [1.54, 1.807) is 0 Å². The quantitative estimate of drug-likeness (QED) is 0.661. The first-order valence-electron chi connectivity index (χ1n) is 3.25. The SMILES string of the molecule is O=C(O)C1(CO)CC1C(F)(F)F. The molecule has 0 aliphatic heterocycles. The third kappa shape index (κ3) is 1.16. The summed E-state index contributed by atoms with van der Waals surface area (Å²) in [6, 6.07) is 0. The summed E-state index contributed by atoms with van der Waals surface area (Å²) in [7, 11) is 0. The van der Waals surface area contributed by atoms with Crippen molar-refractivity contribution >= 4 is 5.97 Å². The van der Waals surface area contributed by atoms with Gasteiger partial charge in [-0.1, -0.05) is 0 Å². The van der Waals surface area contributed by atoms with Crippen molar-refractivity contribution in [1.82, 2.24) is 0 Å². The first-order valence-corrected chi connectivity index (χ1v) is 3.25. The van der Waals surface area contributed by atoms with Gasteiger partial charge in [0.2, 0.25) is 0 Å². The fourth-order valence-corrected chi connectivity index (χ4v) is 1.21. The minimum Gasteiger partial charge on any atom is -0.481 e. The fourth-order valence-electron chi connectivity index (χ4n) is 1.21. The lowest BCUT2D eigenvalue weighted by atomic mass is 10.1. The molecule has 0 bridgehead atoms. The second-order valence-electron chi connectivity index (χ2n) is 2.92. The molecule has 12 heavy (non-hydrogen) atoms. The molecule has 1 aliphatic carbocycles. The highest BCUT2D eigenvalue weighted by atomic mass is 19.4. The van der Waals surface area contributed by atoms with Crippen LogP contribution in [0.15, 0.2) is 0 Å². The Balaban J connectivity index is 2.75. The number of carbonyl (C=O) groups is 1. The van der Waals surface area contributed by atoms with E-state index in [-0.39, 0.29) is 0 Å². The van der Waals surface area contributed by atoms with Crippen LogP contribution in [-0.2, 0) is 4.79 Å². The van der Waals surface area contributed by atoms with Gasteiger partial charge in [0.1, 0.15) is 5.41 Å². The molecule has 1 aliphatic rings. The zero-order valence-electron chi connectivity index (χ0n) is 5.93. The van der Waals surface area contributed by atoms with Crippen LogP contribution in [0, 0.1) is 11.3 Å². The highest BCUT2D eigenvalue weighted by Gasteiger charge is 2.71. The lowest BCUT2D eigenvalue weighted by Gasteiger charge is -2.10. The van der Waals surface area contributed by atoms with Crippen molar-refractivity contribution in [1.29, 1.82) is 0 Å². The molecule has 0 aromatic rings. The molecule has 0 aromatic carbocycles. The maximum atomic E-state index is 11.9. The van der Waals surface area contributed by atoms with Gasteiger partial charge in [-0.2, -0.15) is 13.2 Å². The van der Waals surface area contributed by atoms with E-state index in [1.165, 1.54) is 0 Å². The number of hydrogen-bond acceptors (Lipinski definition) is 2. The number of aliphatic carboxylic acids is 1. The summed E-state index contributed by atoms with van der Waals surface area (Å²) in [6.07, 6.45) is -5.02. The van der Waals surface area contributed by atoms with E-state index in [0.29, 0.717) is 0 Å². The molecule has 2 N–H and O–H groups in total. The average molecular weight is 184 g/mol. The zero-order chi connectivity index (χ0) is 9.57. The predicted octanol–water partition coefficient (Wildman–Crippen LogP) is 0.632. The lowest BCUT2D eigenvalue weighted by molar-refractivity contribution is -0.170. The molecular weight excluding hydrogens is 177 g/mol. The first-order chi connectivity index (χ1) is 5.34. The molecule has 1 saturated carbocycles. The fraction of sp³-hybridized carbons (Fsp3) is 0.833. The van der Waals surface area contributed by atoms with Gasteiger partial charge in [0, 0.05) is 0 Å². The highest BCUT2D eigenvalue weighted by Crippen LogP contribution is 2.60. The molecule has 0 saturated heterocycles. The van der Waals surface area contributed by atoms with Gasteiger partial charge >= 0.3 is 12.1 Å². The third-order valence-electron chi connectivity index (χ3n) is 2.18. The number of carboxylic acid groups (broad SMARTS) is 1. The molecule has 0 spiro atoms. The maximum absolute atomic E-state index is 11.9. The molecule has 0 heterocycles. The topological polar surface area (TPSA) is 57.5 Å². The van der Waals surface area contributed by atoms with Gasteiger partial charge in [0.25, 0.3) is 0 Å². The lowest BCUT2D eigenvalue weighted by Crippen LogP contribution is -2.27. The minimum absolute atomic E-state index is 0.512. The molecule has 1 rings (SSSR count). The summed E-state index contributed by atoms with van der Waals surface area (Å²) in [5.41, 5.74) is -1.96. The maximum Gasteiger partial charge on any atom is 0.393 e. The van der Waals surface area contributed by atoms with E-state index in [0.717, 1.165) is 0 Å². The van der Waals surface area contributed by atoms with Crippen LogP contribution in [0.3, 0.4) is 0 Å². The molecule has 2 unspecified atom stereocenters. The van der Waals surface area contributed by atoms with Crippen LogP contribution in [0.4, 0.5) is 13.2 Å². The van der Waals surface area contributed by atoms with Crippen LogP contribution in [0.25, 0.3) is 0 Å². The van der Waals surface area contributed by atoms with Crippen LogP contribution < -0.4 is 0 Å². The van der Waals surface area contributed by atoms with Gasteiger partial charge in [-0.25, -0.2) is 0 Å². The van der Waals surface area contributed by atoms with Crippen LogP contribution in [-0.4, -0.2) is 29.0 Å². The number of rotatable bonds is 2. The number of aliphatic hydroxyl groups excluding tert-OH is 1. The van der Waals surface area contributed by atoms with Crippen LogP contribution in [0.1, 0.15) is 6.42 Å². The Bertz CT molecular complexity index is 213. The molecule has 6 heteroatoms. The molecule has 3 nitrogen and oxygen atoms in total. The summed E-state index contributed by atoms with van der Waals surface area (Å²) >= 11 is 0. The van der Waals surface area contributed by atoms with E-state index in [9.17, 15) is 18.0 Å². The standard InChI is InChI=1S/C6H7F3O3/c7-6(8,9)3-1-5(3,2-10)4(11)12/h3,10H,1-2H2,(H,11,12). The average Bonchev–Trinajstić information content (AvgIpc) is 2.60. The Labute approximate surface area is 65.8 Å². The summed E-state index contributed by atoms with van der Waals surface area (Å²) in [5.74, 6) is -3.46. The Hall–Kier alpha value is -0.780. The molecule has 0 radical (unpaired) electrons. The molecule has 0 amide bonds. The number of carboxylic acids is 1. The number of halogens is 3. The Morgan fingerprint density at radius 1 is 1.58 bits per heavy atom. The van der Waals surface area contributed by atoms with Crippen LogP contribution in [0.5, 0.6) is 0 Å². The van der Waals surface area contributed by atoms with Crippen LogP contribution >= 0.6 is 0 Å². The Kier molecular flexibility index (Phi) is 1.82. The largest absolute Gasteiger partial charge is 0.481 e. The summed E-state index contributed by atoms with van der Waals surface area (Å²) in [5, 5.41) is 16.9. The number of aliphatic hydroxyl groups is 1. The normalized spacial score (nSPS) is 34.8. The van der Waals surface area contributed by atoms with Crippen LogP contribution in [0.2, 0.25) is 0 Å². The highest BCUT2D eigenvalue weighted by molar-refractivity contribution is 5.79. The smallest absolute Gasteiger partial charge is 0.393 e. The first kappa shape index (κ1) is 9.31. The second-order valence-corrected chi connectivity index (χ2v) is 2.92. The molecule has 1 fully saturated rings. The zero-order valence-corrected chi connectivity index (χ0v) is 5.93. The summed E-state index contributed by atoms with van der Waals surface area (Å²) < 4.78 is 35.7. The van der Waals surface area contributed by atoms with Crippen molar-refractivity contribution < 1.29 is 28.2 Å². The molecule has 70 valence electrons. The Morgan fingerprint density at radius 3 is 2.17 bits per heavy atom. The van der Waals surface area contributed by atoms with E-state index in [2.05, 4.69) is 0 Å². The van der Waals surface area contributed by atoms with E-state index in [4.69, 9.17) is 10.2 Å². The van der Waals surface area contributed by atoms with Crippen molar-refractivity contribution in [2.45, 2.75) is 12.6 Å². The monoisotopic (exact) mass is 184 g/mol.